The Morgan fingerprint density at radius 2 is 2.18 bits per heavy atom. The minimum absolute atomic E-state index is 0.0939. The first-order chi connectivity index (χ1) is 7.70. The first-order valence-electron chi connectivity index (χ1n) is 5.19. The normalized spacial score (nSPS) is 18.2. The van der Waals surface area contributed by atoms with Crippen molar-refractivity contribution in [3.63, 3.8) is 0 Å². The second-order valence-corrected chi connectivity index (χ2v) is 6.25. The van der Waals surface area contributed by atoms with Gasteiger partial charge in [0.15, 0.2) is 0 Å². The summed E-state index contributed by atoms with van der Waals surface area (Å²) in [5.41, 5.74) is -0.561. The highest BCUT2D eigenvalue weighted by atomic mass is 32.2. The van der Waals surface area contributed by atoms with Crippen LogP contribution >= 0.6 is 24.0 Å². The van der Waals surface area contributed by atoms with Crippen molar-refractivity contribution in [1.29, 1.82) is 0 Å². The molecule has 0 aromatic heterocycles. The number of hydrogen-bond acceptors (Lipinski definition) is 5. The largest absolute Gasteiger partial charge is 0.444 e. The quantitative estimate of drug-likeness (QED) is 0.778. The number of rotatable bonds is 2. The molecule has 1 N–H and O–H groups in total. The molecular weight excluding hydrogens is 260 g/mol. The number of hydrogen-bond donors (Lipinski definition) is 1. The monoisotopic (exact) mass is 276 g/mol. The molecule has 0 aromatic rings. The molecule has 1 fully saturated rings. The summed E-state index contributed by atoms with van der Waals surface area (Å²) in [6, 6.07) is 0. The van der Waals surface area contributed by atoms with Crippen molar-refractivity contribution in [2.24, 2.45) is 0 Å². The lowest BCUT2D eigenvalue weighted by molar-refractivity contribution is -0.125. The Labute approximate surface area is 110 Å². The highest BCUT2D eigenvalue weighted by Crippen LogP contribution is 2.21. The Kier molecular flexibility index (Phi) is 4.37. The van der Waals surface area contributed by atoms with Gasteiger partial charge in [-0.05, 0) is 27.7 Å². The predicted octanol–water partition coefficient (Wildman–Crippen LogP) is 1.72. The molecule has 1 heterocycles. The summed E-state index contributed by atoms with van der Waals surface area (Å²) >= 11 is 6.33. The molecule has 0 aromatic carbocycles. The van der Waals surface area contributed by atoms with Gasteiger partial charge in [0.25, 0.3) is 0 Å². The lowest BCUT2D eigenvalue weighted by Gasteiger charge is -2.26. The van der Waals surface area contributed by atoms with E-state index in [-0.39, 0.29) is 5.91 Å². The van der Waals surface area contributed by atoms with Gasteiger partial charge in [0.2, 0.25) is 5.91 Å². The van der Waals surface area contributed by atoms with Crippen LogP contribution in [0.4, 0.5) is 4.79 Å². The lowest BCUT2D eigenvalue weighted by Crippen LogP contribution is -2.49. The summed E-state index contributed by atoms with van der Waals surface area (Å²) in [6.45, 7) is 7.02. The summed E-state index contributed by atoms with van der Waals surface area (Å²) < 4.78 is 5.59. The molecule has 0 bridgehead atoms. The van der Waals surface area contributed by atoms with Crippen molar-refractivity contribution in [2.45, 2.75) is 39.5 Å². The Bertz CT molecular complexity index is 336. The van der Waals surface area contributed by atoms with E-state index in [1.54, 1.807) is 27.7 Å². The number of carbonyl (C=O) groups is 2. The van der Waals surface area contributed by atoms with Crippen LogP contribution in [0.5, 0.6) is 0 Å². The number of carbonyl (C=O) groups excluding carboxylic acids is 2. The zero-order valence-electron chi connectivity index (χ0n) is 10.3. The Balaban J connectivity index is 2.54. The first-order valence-corrected chi connectivity index (χ1v) is 6.58. The van der Waals surface area contributed by atoms with E-state index in [1.807, 2.05) is 0 Å². The van der Waals surface area contributed by atoms with Crippen molar-refractivity contribution in [1.82, 2.24) is 10.2 Å². The Morgan fingerprint density at radius 1 is 1.59 bits per heavy atom. The van der Waals surface area contributed by atoms with E-state index < -0.39 is 17.9 Å². The maximum absolute atomic E-state index is 11.5. The van der Waals surface area contributed by atoms with Gasteiger partial charge < -0.3 is 10.1 Å². The lowest BCUT2D eigenvalue weighted by atomic mass is 10.2. The standard InChI is InChI=1S/C10H16N2O3S2/c1-6(11-8(14)15-10(2,3)4)12-7(13)5-17-9(12)16/h6H,5H2,1-4H3,(H,11,14). The van der Waals surface area contributed by atoms with Crippen LogP contribution in [0.1, 0.15) is 27.7 Å². The van der Waals surface area contributed by atoms with E-state index in [0.29, 0.717) is 10.1 Å². The average molecular weight is 276 g/mol. The second-order valence-electron chi connectivity index (χ2n) is 4.64. The van der Waals surface area contributed by atoms with Gasteiger partial charge in [-0.25, -0.2) is 4.79 Å². The van der Waals surface area contributed by atoms with Gasteiger partial charge in [-0.2, -0.15) is 0 Å². The molecule has 1 atom stereocenters. The van der Waals surface area contributed by atoms with Gasteiger partial charge in [-0.15, -0.1) is 0 Å². The topological polar surface area (TPSA) is 58.6 Å². The molecule has 0 aliphatic carbocycles. The van der Waals surface area contributed by atoms with Crippen LogP contribution in [0.3, 0.4) is 0 Å². The van der Waals surface area contributed by atoms with Crippen molar-refractivity contribution in [3.8, 4) is 0 Å². The highest BCUT2D eigenvalue weighted by molar-refractivity contribution is 8.23. The average Bonchev–Trinajstić information content (AvgIpc) is 2.42. The molecule has 17 heavy (non-hydrogen) atoms. The van der Waals surface area contributed by atoms with E-state index >= 15 is 0 Å². The molecule has 0 spiro atoms. The number of nitrogens with zero attached hydrogens (tertiary/aromatic N) is 1. The fraction of sp³-hybridized carbons (Fsp3) is 0.700. The third-order valence-electron chi connectivity index (χ3n) is 1.90. The smallest absolute Gasteiger partial charge is 0.409 e. The molecule has 1 rings (SSSR count). The Hall–Kier alpha value is -0.820. The van der Waals surface area contributed by atoms with Gasteiger partial charge >= 0.3 is 6.09 Å². The number of amides is 2. The number of alkyl carbamates (subject to hydrolysis) is 1. The summed E-state index contributed by atoms with van der Waals surface area (Å²) in [5.74, 6) is 0.239. The van der Waals surface area contributed by atoms with Crippen LogP contribution in [0, 0.1) is 0 Å². The van der Waals surface area contributed by atoms with Crippen LogP contribution in [0.2, 0.25) is 0 Å². The van der Waals surface area contributed by atoms with E-state index in [2.05, 4.69) is 5.32 Å². The molecule has 5 nitrogen and oxygen atoms in total. The summed E-state index contributed by atoms with van der Waals surface area (Å²) in [7, 11) is 0. The minimum Gasteiger partial charge on any atom is -0.444 e. The molecular formula is C10H16N2O3S2. The number of nitrogens with one attached hydrogen (secondary N) is 1. The van der Waals surface area contributed by atoms with Crippen molar-refractivity contribution >= 4 is 40.3 Å². The first kappa shape index (κ1) is 14.2. The Morgan fingerprint density at radius 3 is 2.59 bits per heavy atom. The molecule has 1 saturated heterocycles. The molecule has 0 saturated carbocycles. The van der Waals surface area contributed by atoms with Crippen LogP contribution in [0.15, 0.2) is 0 Å². The third kappa shape index (κ3) is 4.16. The van der Waals surface area contributed by atoms with Crippen LogP contribution in [-0.2, 0) is 9.53 Å². The molecule has 7 heteroatoms. The number of thioether (sulfide) groups is 1. The number of thiocarbonyl (C=S) groups is 1. The molecule has 96 valence electrons. The van der Waals surface area contributed by atoms with Crippen LogP contribution < -0.4 is 5.32 Å². The third-order valence-corrected chi connectivity index (χ3v) is 3.28. The van der Waals surface area contributed by atoms with Gasteiger partial charge in [0.05, 0.1) is 5.75 Å². The molecule has 1 aliphatic rings. The van der Waals surface area contributed by atoms with Crippen LogP contribution in [0.25, 0.3) is 0 Å². The highest BCUT2D eigenvalue weighted by Gasteiger charge is 2.32. The van der Waals surface area contributed by atoms with Crippen LogP contribution in [-0.4, -0.2) is 38.7 Å². The minimum atomic E-state index is -0.561. The van der Waals surface area contributed by atoms with Gasteiger partial charge in [-0.1, -0.05) is 24.0 Å². The fourth-order valence-electron chi connectivity index (χ4n) is 1.28. The maximum Gasteiger partial charge on any atom is 0.409 e. The number of ether oxygens (including phenoxy) is 1. The van der Waals surface area contributed by atoms with Gasteiger partial charge in [0, 0.05) is 0 Å². The maximum atomic E-state index is 11.5. The van der Waals surface area contributed by atoms with E-state index in [4.69, 9.17) is 17.0 Å². The van der Waals surface area contributed by atoms with Crippen molar-refractivity contribution in [3.05, 3.63) is 0 Å². The SMILES string of the molecule is CC(NC(=O)OC(C)(C)C)N1C(=O)CSC1=S. The van der Waals surface area contributed by atoms with Gasteiger partial charge in [-0.3, -0.25) is 9.69 Å². The van der Waals surface area contributed by atoms with Gasteiger partial charge in [0.1, 0.15) is 16.1 Å². The molecule has 1 unspecified atom stereocenters. The molecule has 0 radical (unpaired) electrons. The summed E-state index contributed by atoms with van der Waals surface area (Å²) in [4.78, 5) is 24.4. The van der Waals surface area contributed by atoms with E-state index in [0.717, 1.165) is 0 Å². The van der Waals surface area contributed by atoms with Crippen molar-refractivity contribution < 1.29 is 14.3 Å². The summed E-state index contributed by atoms with van der Waals surface area (Å²) in [5, 5.41) is 2.58. The van der Waals surface area contributed by atoms with E-state index in [9.17, 15) is 9.59 Å². The zero-order valence-corrected chi connectivity index (χ0v) is 11.9. The second kappa shape index (κ2) is 5.22. The fourth-order valence-corrected chi connectivity index (χ4v) is 2.50. The molecule has 1 aliphatic heterocycles. The zero-order chi connectivity index (χ0) is 13.2. The molecule has 2 amide bonds. The summed E-state index contributed by atoms with van der Waals surface area (Å²) in [6.07, 6.45) is -1.04. The van der Waals surface area contributed by atoms with Crippen molar-refractivity contribution in [2.75, 3.05) is 5.75 Å². The predicted molar refractivity (Wildman–Crippen MR) is 70.7 cm³/mol. The van der Waals surface area contributed by atoms with E-state index in [1.165, 1.54) is 16.7 Å².